The van der Waals surface area contributed by atoms with Crippen LogP contribution < -0.4 is 4.72 Å². The minimum Gasteiger partial charge on any atom is -0.380 e. The van der Waals surface area contributed by atoms with Crippen LogP contribution in [0.3, 0.4) is 0 Å². The molecular weight excluding hydrogens is 435 g/mol. The Hall–Kier alpha value is -2.53. The van der Waals surface area contributed by atoms with Crippen molar-refractivity contribution in [2.24, 2.45) is 0 Å². The molecule has 1 atom stereocenters. The van der Waals surface area contributed by atoms with Gasteiger partial charge in [-0.3, -0.25) is 9.52 Å². The smallest absolute Gasteiger partial charge is 0.301 e. The van der Waals surface area contributed by atoms with Crippen molar-refractivity contribution < 1.29 is 22.3 Å². The van der Waals surface area contributed by atoms with Gasteiger partial charge in [0.2, 0.25) is 0 Å². The lowest BCUT2D eigenvalue weighted by Crippen LogP contribution is -2.35. The molecule has 1 aliphatic heterocycles. The van der Waals surface area contributed by atoms with Gasteiger partial charge in [0.15, 0.2) is 11.6 Å². The van der Waals surface area contributed by atoms with Crippen LogP contribution in [0.25, 0.3) is 11.0 Å². The Morgan fingerprint density at radius 2 is 2.20 bits per heavy atom. The van der Waals surface area contributed by atoms with E-state index in [0.717, 1.165) is 0 Å². The number of nitrogens with zero attached hydrogens (tertiary/aromatic N) is 2. The number of hydrogen-bond donors (Lipinski definition) is 2. The number of carbonyl (C=O) groups is 1. The summed E-state index contributed by atoms with van der Waals surface area (Å²) in [4.78, 5) is 19.9. The first kappa shape index (κ1) is 20.7. The highest BCUT2D eigenvalue weighted by Gasteiger charge is 2.32. The predicted octanol–water partition coefficient (Wildman–Crippen LogP) is 2.96. The molecule has 0 amide bonds. The Labute approximate surface area is 177 Å². The van der Waals surface area contributed by atoms with E-state index in [9.17, 15) is 13.2 Å². The van der Waals surface area contributed by atoms with Crippen LogP contribution in [-0.2, 0) is 14.9 Å². The molecule has 0 saturated carbocycles. The summed E-state index contributed by atoms with van der Waals surface area (Å²) in [5.41, 5.74) is 0.0353. The van der Waals surface area contributed by atoms with E-state index in [1.54, 1.807) is 6.07 Å². The Kier molecular flexibility index (Phi) is 5.49. The number of anilines is 1. The second kappa shape index (κ2) is 7.95. The average Bonchev–Trinajstić information content (AvgIpc) is 3.36. The molecular formula is C19H18ClFN4O4S. The van der Waals surface area contributed by atoms with Crippen LogP contribution in [0, 0.1) is 5.82 Å². The van der Waals surface area contributed by atoms with Crippen LogP contribution >= 0.6 is 11.6 Å². The number of aromatic nitrogens is 2. The zero-order valence-electron chi connectivity index (χ0n) is 15.9. The minimum atomic E-state index is -4.00. The molecule has 0 aliphatic carbocycles. The number of carbonyl (C=O) groups excluding carboxylic acids is 1. The second-order valence-corrected chi connectivity index (χ2v) is 8.97. The van der Waals surface area contributed by atoms with Gasteiger partial charge in [0.1, 0.15) is 5.65 Å². The number of H-pyrrole nitrogens is 1. The molecule has 3 heterocycles. The molecule has 11 heteroatoms. The first-order valence-corrected chi connectivity index (χ1v) is 10.9. The minimum absolute atomic E-state index is 0.176. The fourth-order valence-electron chi connectivity index (χ4n) is 3.41. The van der Waals surface area contributed by atoms with E-state index in [1.165, 1.54) is 42.0 Å². The summed E-state index contributed by atoms with van der Waals surface area (Å²) in [5.74, 6) is -1.58. The van der Waals surface area contributed by atoms with Gasteiger partial charge in [-0.25, -0.2) is 9.37 Å². The fourth-order valence-corrected chi connectivity index (χ4v) is 4.84. The highest BCUT2D eigenvalue weighted by molar-refractivity contribution is 7.90. The zero-order valence-corrected chi connectivity index (χ0v) is 17.4. The van der Waals surface area contributed by atoms with Crippen molar-refractivity contribution in [3.63, 3.8) is 0 Å². The van der Waals surface area contributed by atoms with Gasteiger partial charge in [0.25, 0.3) is 0 Å². The fraction of sp³-hybridized carbons (Fsp3) is 0.263. The van der Waals surface area contributed by atoms with Crippen LogP contribution in [0.4, 0.5) is 10.1 Å². The van der Waals surface area contributed by atoms with E-state index >= 15 is 4.39 Å². The molecule has 158 valence electrons. The molecule has 1 saturated heterocycles. The van der Waals surface area contributed by atoms with Gasteiger partial charge in [-0.1, -0.05) is 17.7 Å². The molecule has 1 unspecified atom stereocenters. The Balaban J connectivity index is 1.64. The van der Waals surface area contributed by atoms with Gasteiger partial charge in [-0.2, -0.15) is 12.7 Å². The predicted molar refractivity (Wildman–Crippen MR) is 110 cm³/mol. The summed E-state index contributed by atoms with van der Waals surface area (Å²) in [6.07, 6.45) is 3.19. The monoisotopic (exact) mass is 452 g/mol. The summed E-state index contributed by atoms with van der Waals surface area (Å²) in [6, 6.07) is 5.53. The number of ether oxygens (including phenoxy) is 1. The number of halogens is 2. The van der Waals surface area contributed by atoms with E-state index in [4.69, 9.17) is 16.3 Å². The lowest BCUT2D eigenvalue weighted by Gasteiger charge is -2.18. The second-order valence-electron chi connectivity index (χ2n) is 6.86. The zero-order chi connectivity index (χ0) is 21.5. The van der Waals surface area contributed by atoms with Crippen molar-refractivity contribution in [1.29, 1.82) is 0 Å². The van der Waals surface area contributed by atoms with Crippen LogP contribution in [0.1, 0.15) is 22.3 Å². The van der Waals surface area contributed by atoms with Crippen molar-refractivity contribution in [3.8, 4) is 0 Å². The highest BCUT2D eigenvalue weighted by atomic mass is 35.5. The van der Waals surface area contributed by atoms with Crippen molar-refractivity contribution in [2.45, 2.75) is 12.5 Å². The molecule has 1 aromatic carbocycles. The van der Waals surface area contributed by atoms with Gasteiger partial charge in [-0.15, -0.1) is 0 Å². The maximum absolute atomic E-state index is 15.1. The van der Waals surface area contributed by atoms with Gasteiger partial charge < -0.3 is 9.72 Å². The van der Waals surface area contributed by atoms with E-state index in [0.29, 0.717) is 22.5 Å². The first-order valence-electron chi connectivity index (χ1n) is 9.06. The summed E-state index contributed by atoms with van der Waals surface area (Å²) >= 11 is 5.96. The number of nitrogens with one attached hydrogen (secondary N) is 2. The topological polar surface area (TPSA) is 104 Å². The molecule has 1 fully saturated rings. The molecule has 4 rings (SSSR count). The third-order valence-corrected chi connectivity index (χ3v) is 6.70. The van der Waals surface area contributed by atoms with Gasteiger partial charge in [-0.05, 0) is 24.6 Å². The Bertz CT molecular complexity index is 1230. The van der Waals surface area contributed by atoms with E-state index in [2.05, 4.69) is 14.7 Å². The molecule has 2 N–H and O–H groups in total. The molecule has 3 aromatic rings. The molecule has 0 spiro atoms. The number of ketones is 1. The number of methoxy groups -OCH3 is 1. The van der Waals surface area contributed by atoms with E-state index in [1.807, 2.05) is 0 Å². The molecule has 0 bridgehead atoms. The van der Waals surface area contributed by atoms with Gasteiger partial charge in [0.05, 0.1) is 22.4 Å². The lowest BCUT2D eigenvalue weighted by atomic mass is 10.0. The van der Waals surface area contributed by atoms with E-state index in [-0.39, 0.29) is 36.0 Å². The number of rotatable bonds is 6. The number of hydrogen-bond acceptors (Lipinski definition) is 5. The standard InChI is InChI=1S/C19H18ClFN4O4S/c1-29-12-5-6-25(10-12)30(27,28)24-16-4-2-3-13(17(16)21)18(26)15-9-23-19-14(15)7-11(20)8-22-19/h2-4,7-9,12,24H,5-6,10H2,1H3,(H,22,23). The first-order chi connectivity index (χ1) is 14.3. The highest BCUT2D eigenvalue weighted by Crippen LogP contribution is 2.27. The quantitative estimate of drug-likeness (QED) is 0.559. The molecule has 1 aliphatic rings. The van der Waals surface area contributed by atoms with Gasteiger partial charge >= 0.3 is 10.2 Å². The van der Waals surface area contributed by atoms with Crippen LogP contribution in [-0.4, -0.2) is 54.8 Å². The third kappa shape index (κ3) is 3.79. The van der Waals surface area contributed by atoms with Crippen molar-refractivity contribution in [3.05, 3.63) is 58.6 Å². The van der Waals surface area contributed by atoms with Crippen molar-refractivity contribution >= 4 is 44.3 Å². The van der Waals surface area contributed by atoms with Crippen LogP contribution in [0.15, 0.2) is 36.7 Å². The maximum atomic E-state index is 15.1. The molecule has 0 radical (unpaired) electrons. The summed E-state index contributed by atoms with van der Waals surface area (Å²) in [6.45, 7) is 0.437. The average molecular weight is 453 g/mol. The molecule has 2 aromatic heterocycles. The number of pyridine rings is 1. The normalized spacial score (nSPS) is 17.5. The molecule has 8 nitrogen and oxygen atoms in total. The lowest BCUT2D eigenvalue weighted by molar-refractivity contribution is 0.103. The largest absolute Gasteiger partial charge is 0.380 e. The third-order valence-electron chi connectivity index (χ3n) is 5.01. The van der Waals surface area contributed by atoms with Gasteiger partial charge in [0, 0.05) is 43.5 Å². The van der Waals surface area contributed by atoms with E-state index < -0.39 is 21.8 Å². The van der Waals surface area contributed by atoms with Crippen molar-refractivity contribution in [1.82, 2.24) is 14.3 Å². The Morgan fingerprint density at radius 3 is 2.93 bits per heavy atom. The number of benzene rings is 1. The SMILES string of the molecule is COC1CCN(S(=O)(=O)Nc2cccc(C(=O)c3c[nH]c4ncc(Cl)cc34)c2F)C1. The molecule has 30 heavy (non-hydrogen) atoms. The summed E-state index contributed by atoms with van der Waals surface area (Å²) in [5, 5.41) is 0.777. The summed E-state index contributed by atoms with van der Waals surface area (Å²) in [7, 11) is -2.49. The number of aromatic amines is 1. The number of fused-ring (bicyclic) bond motifs is 1. The summed E-state index contributed by atoms with van der Waals surface area (Å²) < 4.78 is 48.9. The Morgan fingerprint density at radius 1 is 1.40 bits per heavy atom. The van der Waals surface area contributed by atoms with Crippen LogP contribution in [0.5, 0.6) is 0 Å². The van der Waals surface area contributed by atoms with Crippen LogP contribution in [0.2, 0.25) is 5.02 Å². The maximum Gasteiger partial charge on any atom is 0.301 e. The van der Waals surface area contributed by atoms with Crippen molar-refractivity contribution in [2.75, 3.05) is 24.9 Å².